The van der Waals surface area contributed by atoms with Gasteiger partial charge in [-0.05, 0) is 17.7 Å². The number of rotatable bonds is 7. The molecule has 0 aliphatic heterocycles. The summed E-state index contributed by atoms with van der Waals surface area (Å²) in [7, 11) is 0. The molecular weight excluding hydrogens is 363 g/mol. The quantitative estimate of drug-likeness (QED) is 0.614. The number of nitrogens with one attached hydrogen (secondary N) is 2. The Balaban J connectivity index is 1.51. The summed E-state index contributed by atoms with van der Waals surface area (Å²) in [6.07, 6.45) is 0.796. The molecule has 3 rings (SSSR count). The van der Waals surface area contributed by atoms with E-state index in [1.165, 1.54) is 35.2 Å². The predicted octanol–water partition coefficient (Wildman–Crippen LogP) is 2.58. The van der Waals surface area contributed by atoms with E-state index in [2.05, 4.69) is 30.7 Å². The Labute approximate surface area is 151 Å². The Bertz CT molecular complexity index is 848. The van der Waals surface area contributed by atoms with Crippen molar-refractivity contribution in [2.24, 2.45) is 0 Å². The minimum atomic E-state index is -0.307. The van der Waals surface area contributed by atoms with Crippen LogP contribution in [0.2, 0.25) is 0 Å². The summed E-state index contributed by atoms with van der Waals surface area (Å²) in [6, 6.07) is 5.96. The molecule has 0 saturated carbocycles. The van der Waals surface area contributed by atoms with Crippen LogP contribution in [-0.2, 0) is 18.7 Å². The van der Waals surface area contributed by atoms with Crippen molar-refractivity contribution >= 4 is 29.0 Å². The van der Waals surface area contributed by atoms with Crippen molar-refractivity contribution in [3.05, 3.63) is 51.5 Å². The molecule has 10 heteroatoms. The predicted molar refractivity (Wildman–Crippen MR) is 92.8 cm³/mol. The number of thioether (sulfide) groups is 1. The first-order valence-corrected chi connectivity index (χ1v) is 9.33. The van der Waals surface area contributed by atoms with E-state index in [0.717, 1.165) is 22.8 Å². The summed E-state index contributed by atoms with van der Waals surface area (Å²) >= 11 is 2.66. The first kappa shape index (κ1) is 17.5. The van der Waals surface area contributed by atoms with Crippen LogP contribution >= 0.6 is 23.1 Å². The molecule has 2 heterocycles. The fourth-order valence-electron chi connectivity index (χ4n) is 1.89. The Morgan fingerprint density at radius 2 is 2.12 bits per heavy atom. The molecule has 0 aliphatic carbocycles. The van der Waals surface area contributed by atoms with Crippen LogP contribution in [0.3, 0.4) is 0 Å². The molecule has 130 valence electrons. The average molecular weight is 378 g/mol. The maximum atomic E-state index is 12.9. The summed E-state index contributed by atoms with van der Waals surface area (Å²) in [5.41, 5.74) is 0.811. The number of carbonyl (C=O) groups excluding carboxylic acids is 1. The number of carbonyl (C=O) groups is 1. The number of hydrogen-bond acceptors (Lipinski definition) is 7. The molecule has 7 nitrogen and oxygen atoms in total. The van der Waals surface area contributed by atoms with Crippen LogP contribution in [0.5, 0.6) is 0 Å². The summed E-state index contributed by atoms with van der Waals surface area (Å²) in [6.45, 7) is 2.30. The molecule has 0 atom stereocenters. The summed E-state index contributed by atoms with van der Waals surface area (Å²) < 4.78 is 12.9. The molecular formula is C15H15FN6OS2. The molecule has 1 amide bonds. The van der Waals surface area contributed by atoms with E-state index in [0.29, 0.717) is 22.5 Å². The van der Waals surface area contributed by atoms with Crippen LogP contribution in [0, 0.1) is 5.82 Å². The summed E-state index contributed by atoms with van der Waals surface area (Å²) in [5.74, 6) is 0.771. The largest absolute Gasteiger partial charge is 0.346 e. The van der Waals surface area contributed by atoms with E-state index in [1.54, 1.807) is 12.1 Å². The van der Waals surface area contributed by atoms with E-state index in [-0.39, 0.29) is 11.7 Å². The normalized spacial score (nSPS) is 10.8. The lowest BCUT2D eigenvalue weighted by Crippen LogP contribution is -2.22. The van der Waals surface area contributed by atoms with Crippen molar-refractivity contribution in [2.45, 2.75) is 30.8 Å². The molecule has 0 bridgehead atoms. The SMILES string of the molecule is CCc1nc(SCc2nnc(C(=O)NCc3ccc(F)cc3)s2)n[nH]1. The Morgan fingerprint density at radius 1 is 1.32 bits per heavy atom. The lowest BCUT2D eigenvalue weighted by molar-refractivity contribution is 0.0950. The van der Waals surface area contributed by atoms with Crippen molar-refractivity contribution in [1.82, 2.24) is 30.7 Å². The highest BCUT2D eigenvalue weighted by Gasteiger charge is 2.13. The Kier molecular flexibility index (Phi) is 5.71. The molecule has 0 radical (unpaired) electrons. The van der Waals surface area contributed by atoms with Crippen molar-refractivity contribution in [2.75, 3.05) is 0 Å². The van der Waals surface area contributed by atoms with Gasteiger partial charge in [0.1, 0.15) is 16.6 Å². The molecule has 2 aromatic heterocycles. The number of aromatic amines is 1. The third-order valence-corrected chi connectivity index (χ3v) is 5.16. The van der Waals surface area contributed by atoms with E-state index in [4.69, 9.17) is 0 Å². The van der Waals surface area contributed by atoms with Gasteiger partial charge in [-0.3, -0.25) is 9.89 Å². The smallest absolute Gasteiger partial charge is 0.282 e. The number of benzene rings is 1. The zero-order valence-electron chi connectivity index (χ0n) is 13.3. The first-order chi connectivity index (χ1) is 12.1. The van der Waals surface area contributed by atoms with Crippen LogP contribution in [0.4, 0.5) is 4.39 Å². The van der Waals surface area contributed by atoms with Crippen LogP contribution in [0.15, 0.2) is 29.4 Å². The molecule has 2 N–H and O–H groups in total. The number of amides is 1. The van der Waals surface area contributed by atoms with Gasteiger partial charge in [-0.1, -0.05) is 42.2 Å². The van der Waals surface area contributed by atoms with E-state index < -0.39 is 0 Å². The fraction of sp³-hybridized carbons (Fsp3) is 0.267. The zero-order chi connectivity index (χ0) is 17.6. The number of H-pyrrole nitrogens is 1. The maximum Gasteiger partial charge on any atom is 0.282 e. The second-order valence-electron chi connectivity index (χ2n) is 5.02. The highest BCUT2D eigenvalue weighted by molar-refractivity contribution is 7.98. The minimum absolute atomic E-state index is 0.293. The van der Waals surface area contributed by atoms with Crippen LogP contribution in [0.1, 0.15) is 33.1 Å². The molecule has 1 aromatic carbocycles. The molecule has 3 aromatic rings. The monoisotopic (exact) mass is 378 g/mol. The van der Waals surface area contributed by atoms with Gasteiger partial charge in [-0.15, -0.1) is 15.3 Å². The van der Waals surface area contributed by atoms with Gasteiger partial charge in [0, 0.05) is 13.0 Å². The zero-order valence-corrected chi connectivity index (χ0v) is 15.0. The van der Waals surface area contributed by atoms with E-state index in [9.17, 15) is 9.18 Å². The van der Waals surface area contributed by atoms with Crippen molar-refractivity contribution in [3.8, 4) is 0 Å². The van der Waals surface area contributed by atoms with Crippen molar-refractivity contribution in [3.63, 3.8) is 0 Å². The number of aromatic nitrogens is 5. The third kappa shape index (κ3) is 4.83. The number of nitrogens with zero attached hydrogens (tertiary/aromatic N) is 4. The van der Waals surface area contributed by atoms with Gasteiger partial charge >= 0.3 is 0 Å². The second-order valence-corrected chi connectivity index (χ2v) is 7.02. The van der Waals surface area contributed by atoms with E-state index >= 15 is 0 Å². The van der Waals surface area contributed by atoms with Gasteiger partial charge in [0.25, 0.3) is 5.91 Å². The Hall–Kier alpha value is -2.33. The van der Waals surface area contributed by atoms with Gasteiger partial charge in [0.2, 0.25) is 10.2 Å². The Morgan fingerprint density at radius 3 is 2.84 bits per heavy atom. The van der Waals surface area contributed by atoms with Crippen molar-refractivity contribution < 1.29 is 9.18 Å². The van der Waals surface area contributed by atoms with Gasteiger partial charge in [0.15, 0.2) is 0 Å². The lowest BCUT2D eigenvalue weighted by Gasteiger charge is -2.02. The molecule has 0 spiro atoms. The lowest BCUT2D eigenvalue weighted by atomic mass is 10.2. The molecule has 0 fully saturated rings. The third-order valence-electron chi connectivity index (χ3n) is 3.20. The maximum absolute atomic E-state index is 12.9. The number of halogens is 1. The highest BCUT2D eigenvalue weighted by Crippen LogP contribution is 2.21. The van der Waals surface area contributed by atoms with E-state index in [1.807, 2.05) is 6.92 Å². The average Bonchev–Trinajstić information content (AvgIpc) is 3.28. The first-order valence-electron chi connectivity index (χ1n) is 7.53. The summed E-state index contributed by atoms with van der Waals surface area (Å²) in [4.78, 5) is 16.4. The summed E-state index contributed by atoms with van der Waals surface area (Å²) in [5, 5.41) is 19.3. The van der Waals surface area contributed by atoms with Crippen LogP contribution in [0.25, 0.3) is 0 Å². The van der Waals surface area contributed by atoms with Gasteiger partial charge in [-0.25, -0.2) is 9.37 Å². The fourth-order valence-corrected chi connectivity index (χ4v) is 3.45. The minimum Gasteiger partial charge on any atom is -0.346 e. The molecule has 0 unspecified atom stereocenters. The standard InChI is InChI=1S/C15H15FN6OS2/c1-2-11-18-15(22-19-11)24-8-12-20-21-14(25-12)13(23)17-7-9-3-5-10(16)6-4-9/h3-6H,2,7-8H2,1H3,(H,17,23)(H,18,19,22). The van der Waals surface area contributed by atoms with Gasteiger partial charge < -0.3 is 5.32 Å². The second kappa shape index (κ2) is 8.17. The van der Waals surface area contributed by atoms with Crippen LogP contribution in [-0.4, -0.2) is 31.3 Å². The van der Waals surface area contributed by atoms with Gasteiger partial charge in [-0.2, -0.15) is 0 Å². The molecule has 0 saturated heterocycles. The molecule has 25 heavy (non-hydrogen) atoms. The highest BCUT2D eigenvalue weighted by atomic mass is 32.2. The molecule has 0 aliphatic rings. The topological polar surface area (TPSA) is 96.4 Å². The number of aryl methyl sites for hydroxylation is 1. The van der Waals surface area contributed by atoms with Crippen molar-refractivity contribution in [1.29, 1.82) is 0 Å². The van der Waals surface area contributed by atoms with Gasteiger partial charge in [0.05, 0.1) is 5.75 Å². The number of hydrogen-bond donors (Lipinski definition) is 2. The van der Waals surface area contributed by atoms with Crippen LogP contribution < -0.4 is 5.32 Å².